The average molecular weight is 261 g/mol. The summed E-state index contributed by atoms with van der Waals surface area (Å²) >= 11 is 0. The maximum Gasteiger partial charge on any atom is 0.238 e. The third kappa shape index (κ3) is 4.91. The zero-order chi connectivity index (χ0) is 13.7. The first kappa shape index (κ1) is 13.9. The van der Waals surface area contributed by atoms with Crippen molar-refractivity contribution in [3.05, 3.63) is 24.3 Å². The summed E-state index contributed by atoms with van der Waals surface area (Å²) in [7, 11) is 0. The van der Waals surface area contributed by atoms with Crippen LogP contribution in [0.15, 0.2) is 24.3 Å². The Labute approximate surface area is 115 Å². The van der Waals surface area contributed by atoms with Crippen LogP contribution in [0.1, 0.15) is 26.2 Å². The van der Waals surface area contributed by atoms with E-state index in [9.17, 15) is 4.79 Å². The molecule has 1 aromatic carbocycles. The summed E-state index contributed by atoms with van der Waals surface area (Å²) in [4.78, 5) is 14.3. The summed E-state index contributed by atoms with van der Waals surface area (Å²) < 4.78 is 0. The Balaban J connectivity index is 1.84. The van der Waals surface area contributed by atoms with E-state index in [1.807, 2.05) is 18.2 Å². The Morgan fingerprint density at radius 1 is 1.47 bits per heavy atom. The van der Waals surface area contributed by atoms with Gasteiger partial charge in [0.2, 0.25) is 5.91 Å². The number of carbonyl (C=O) groups excluding carboxylic acids is 1. The second-order valence-electron chi connectivity index (χ2n) is 5.35. The Morgan fingerprint density at radius 3 is 2.89 bits per heavy atom. The Bertz CT molecular complexity index is 429. The van der Waals surface area contributed by atoms with Gasteiger partial charge in [-0.2, -0.15) is 0 Å². The SMILES string of the molecule is CCCN(CC(=O)Nc1cccc(N)c1)CC1CC1. The van der Waals surface area contributed by atoms with Gasteiger partial charge in [0.25, 0.3) is 0 Å². The lowest BCUT2D eigenvalue weighted by Gasteiger charge is -2.20. The molecular formula is C15H23N3O. The largest absolute Gasteiger partial charge is 0.399 e. The average Bonchev–Trinajstić information content (AvgIpc) is 3.13. The predicted molar refractivity (Wildman–Crippen MR) is 78.9 cm³/mol. The fourth-order valence-corrected chi connectivity index (χ4v) is 2.24. The standard InChI is InChI=1S/C15H23N3O/c1-2-8-18(10-12-6-7-12)11-15(19)17-14-5-3-4-13(16)9-14/h3-5,9,12H,2,6-8,10-11,16H2,1H3,(H,17,19). The van der Waals surface area contributed by atoms with Gasteiger partial charge >= 0.3 is 0 Å². The van der Waals surface area contributed by atoms with Crippen LogP contribution in [0, 0.1) is 5.92 Å². The minimum absolute atomic E-state index is 0.0414. The quantitative estimate of drug-likeness (QED) is 0.741. The maximum absolute atomic E-state index is 12.0. The lowest BCUT2D eigenvalue weighted by Crippen LogP contribution is -2.35. The first-order valence-corrected chi connectivity index (χ1v) is 7.05. The summed E-state index contributed by atoms with van der Waals surface area (Å²) in [5.41, 5.74) is 7.13. The van der Waals surface area contributed by atoms with E-state index in [4.69, 9.17) is 5.73 Å². The highest BCUT2D eigenvalue weighted by atomic mass is 16.2. The number of nitrogens with two attached hydrogens (primary N) is 1. The van der Waals surface area contributed by atoms with Gasteiger partial charge in [0.15, 0.2) is 0 Å². The second-order valence-corrected chi connectivity index (χ2v) is 5.35. The molecule has 1 aromatic rings. The van der Waals surface area contributed by atoms with E-state index in [2.05, 4.69) is 17.1 Å². The topological polar surface area (TPSA) is 58.4 Å². The highest BCUT2D eigenvalue weighted by molar-refractivity contribution is 5.92. The molecule has 0 unspecified atom stereocenters. The molecule has 0 aliphatic heterocycles. The molecule has 0 spiro atoms. The summed E-state index contributed by atoms with van der Waals surface area (Å²) in [6.45, 7) is 4.66. The number of amides is 1. The number of carbonyl (C=O) groups is 1. The monoisotopic (exact) mass is 261 g/mol. The van der Waals surface area contributed by atoms with E-state index >= 15 is 0 Å². The van der Waals surface area contributed by atoms with E-state index < -0.39 is 0 Å². The van der Waals surface area contributed by atoms with Gasteiger partial charge in [-0.3, -0.25) is 9.69 Å². The minimum Gasteiger partial charge on any atom is -0.399 e. The van der Waals surface area contributed by atoms with Gasteiger partial charge < -0.3 is 11.1 Å². The van der Waals surface area contributed by atoms with Crippen molar-refractivity contribution in [3.63, 3.8) is 0 Å². The zero-order valence-corrected chi connectivity index (χ0v) is 11.6. The molecule has 0 aromatic heterocycles. The summed E-state index contributed by atoms with van der Waals surface area (Å²) in [5.74, 6) is 0.853. The number of anilines is 2. The van der Waals surface area contributed by atoms with Crippen LogP contribution in [0.4, 0.5) is 11.4 Å². The Hall–Kier alpha value is -1.55. The van der Waals surface area contributed by atoms with Gasteiger partial charge in [-0.05, 0) is 49.9 Å². The van der Waals surface area contributed by atoms with E-state index in [0.717, 1.165) is 31.1 Å². The lowest BCUT2D eigenvalue weighted by molar-refractivity contribution is -0.117. The van der Waals surface area contributed by atoms with E-state index in [1.54, 1.807) is 6.07 Å². The Morgan fingerprint density at radius 2 is 2.26 bits per heavy atom. The molecule has 2 rings (SSSR count). The smallest absolute Gasteiger partial charge is 0.238 e. The van der Waals surface area contributed by atoms with Crippen molar-refractivity contribution >= 4 is 17.3 Å². The van der Waals surface area contributed by atoms with Crippen LogP contribution in [0.5, 0.6) is 0 Å². The van der Waals surface area contributed by atoms with Gasteiger partial charge in [-0.15, -0.1) is 0 Å². The first-order valence-electron chi connectivity index (χ1n) is 7.05. The van der Waals surface area contributed by atoms with Crippen LogP contribution >= 0.6 is 0 Å². The summed E-state index contributed by atoms with van der Waals surface area (Å²) in [6, 6.07) is 7.30. The molecule has 1 fully saturated rings. The molecule has 0 bridgehead atoms. The van der Waals surface area contributed by atoms with Gasteiger partial charge in [0.1, 0.15) is 0 Å². The normalized spacial score (nSPS) is 14.6. The number of rotatable bonds is 7. The minimum atomic E-state index is 0.0414. The molecule has 3 N–H and O–H groups in total. The van der Waals surface area contributed by atoms with Crippen molar-refractivity contribution in [1.82, 2.24) is 4.90 Å². The lowest BCUT2D eigenvalue weighted by atomic mass is 10.2. The molecule has 0 saturated heterocycles. The molecule has 4 heteroatoms. The number of benzene rings is 1. The predicted octanol–water partition coefficient (Wildman–Crippen LogP) is 2.33. The van der Waals surface area contributed by atoms with Crippen LogP contribution in [0.2, 0.25) is 0 Å². The van der Waals surface area contributed by atoms with Crippen molar-refractivity contribution in [2.24, 2.45) is 5.92 Å². The molecular weight excluding hydrogens is 238 g/mol. The highest BCUT2D eigenvalue weighted by Gasteiger charge is 2.24. The van der Waals surface area contributed by atoms with Crippen LogP contribution < -0.4 is 11.1 Å². The van der Waals surface area contributed by atoms with Gasteiger partial charge in [0, 0.05) is 17.9 Å². The van der Waals surface area contributed by atoms with Crippen LogP contribution in [-0.4, -0.2) is 30.4 Å². The van der Waals surface area contributed by atoms with Gasteiger partial charge in [-0.25, -0.2) is 0 Å². The third-order valence-corrected chi connectivity index (χ3v) is 3.29. The molecule has 0 radical (unpaired) electrons. The molecule has 4 nitrogen and oxygen atoms in total. The van der Waals surface area contributed by atoms with Crippen molar-refractivity contribution in [2.45, 2.75) is 26.2 Å². The van der Waals surface area contributed by atoms with Crippen molar-refractivity contribution in [2.75, 3.05) is 30.7 Å². The molecule has 19 heavy (non-hydrogen) atoms. The van der Waals surface area contributed by atoms with E-state index in [1.165, 1.54) is 12.8 Å². The van der Waals surface area contributed by atoms with Crippen molar-refractivity contribution < 1.29 is 4.79 Å². The van der Waals surface area contributed by atoms with Crippen molar-refractivity contribution in [1.29, 1.82) is 0 Å². The third-order valence-electron chi connectivity index (χ3n) is 3.29. The second kappa shape index (κ2) is 6.57. The first-order chi connectivity index (χ1) is 9.17. The molecule has 1 aliphatic rings. The zero-order valence-electron chi connectivity index (χ0n) is 11.6. The van der Waals surface area contributed by atoms with Crippen LogP contribution in [-0.2, 0) is 4.79 Å². The molecule has 0 atom stereocenters. The van der Waals surface area contributed by atoms with Gasteiger partial charge in [0.05, 0.1) is 6.54 Å². The number of nitrogens with one attached hydrogen (secondary N) is 1. The fourth-order valence-electron chi connectivity index (χ4n) is 2.24. The van der Waals surface area contributed by atoms with Gasteiger partial charge in [-0.1, -0.05) is 13.0 Å². The molecule has 1 amide bonds. The van der Waals surface area contributed by atoms with E-state index in [0.29, 0.717) is 12.2 Å². The maximum atomic E-state index is 12.0. The van der Waals surface area contributed by atoms with Crippen LogP contribution in [0.25, 0.3) is 0 Å². The van der Waals surface area contributed by atoms with Crippen molar-refractivity contribution in [3.8, 4) is 0 Å². The van der Waals surface area contributed by atoms with Crippen LogP contribution in [0.3, 0.4) is 0 Å². The molecule has 1 aliphatic carbocycles. The molecule has 0 heterocycles. The number of nitrogen functional groups attached to an aromatic ring is 1. The number of nitrogens with zero attached hydrogens (tertiary/aromatic N) is 1. The summed E-state index contributed by atoms with van der Waals surface area (Å²) in [6.07, 6.45) is 3.71. The molecule has 104 valence electrons. The Kier molecular flexibility index (Phi) is 4.80. The molecule has 1 saturated carbocycles. The van der Waals surface area contributed by atoms with E-state index in [-0.39, 0.29) is 5.91 Å². The highest BCUT2D eigenvalue weighted by Crippen LogP contribution is 2.29. The summed E-state index contributed by atoms with van der Waals surface area (Å²) in [5, 5.41) is 2.90. The fraction of sp³-hybridized carbons (Fsp3) is 0.533. The number of hydrogen-bond acceptors (Lipinski definition) is 3. The number of hydrogen-bond donors (Lipinski definition) is 2.